The lowest BCUT2D eigenvalue weighted by Crippen LogP contribution is -2.27. The smallest absolute Gasteiger partial charge is 0.306 e. The molecule has 0 aliphatic rings. The molecule has 0 spiro atoms. The zero-order valence-electron chi connectivity index (χ0n) is 10.6. The van der Waals surface area contributed by atoms with E-state index in [-0.39, 0.29) is 23.1 Å². The molecule has 0 aliphatic heterocycles. The Morgan fingerprint density at radius 2 is 1.94 bits per heavy atom. The van der Waals surface area contributed by atoms with Crippen molar-refractivity contribution in [1.82, 2.24) is 0 Å². The molecule has 2 nitrogen and oxygen atoms in total. The van der Waals surface area contributed by atoms with Gasteiger partial charge in [0.1, 0.15) is 0 Å². The molecular formula is C12H19Cl3O2. The Kier molecular flexibility index (Phi) is 7.54. The number of hydrogen-bond donors (Lipinski definition) is 0. The van der Waals surface area contributed by atoms with Crippen LogP contribution in [0, 0.1) is 5.41 Å². The fourth-order valence-electron chi connectivity index (χ4n) is 1.18. The molecule has 0 aromatic heterocycles. The Morgan fingerprint density at radius 3 is 2.35 bits per heavy atom. The molecule has 17 heavy (non-hydrogen) atoms. The van der Waals surface area contributed by atoms with E-state index in [4.69, 9.17) is 39.5 Å². The van der Waals surface area contributed by atoms with Crippen molar-refractivity contribution in [1.29, 1.82) is 0 Å². The molecule has 0 aliphatic carbocycles. The average Bonchev–Trinajstić information content (AvgIpc) is 2.16. The number of alkyl halides is 2. The van der Waals surface area contributed by atoms with Crippen LogP contribution < -0.4 is 0 Å². The van der Waals surface area contributed by atoms with Crippen LogP contribution in [0.25, 0.3) is 0 Å². The first-order valence-corrected chi connectivity index (χ1v) is 6.76. The van der Waals surface area contributed by atoms with Crippen molar-refractivity contribution in [3.63, 3.8) is 0 Å². The van der Waals surface area contributed by atoms with E-state index in [1.54, 1.807) is 19.9 Å². The van der Waals surface area contributed by atoms with E-state index in [0.29, 0.717) is 11.6 Å². The fraction of sp³-hybridized carbons (Fsp3) is 0.750. The Labute approximate surface area is 118 Å². The highest BCUT2D eigenvalue weighted by atomic mass is 35.5. The predicted molar refractivity (Wildman–Crippen MR) is 73.9 cm³/mol. The number of rotatable bonds is 6. The van der Waals surface area contributed by atoms with Gasteiger partial charge in [0, 0.05) is 5.03 Å². The lowest BCUT2D eigenvalue weighted by Gasteiger charge is -2.27. The average molecular weight is 302 g/mol. The van der Waals surface area contributed by atoms with Crippen molar-refractivity contribution in [2.24, 2.45) is 5.41 Å². The van der Waals surface area contributed by atoms with Gasteiger partial charge in [0.15, 0.2) is 0 Å². The second-order valence-corrected chi connectivity index (χ2v) is 6.10. The molecule has 0 radical (unpaired) electrons. The van der Waals surface area contributed by atoms with Crippen LogP contribution in [0.3, 0.4) is 0 Å². The maximum atomic E-state index is 11.4. The normalized spacial score (nSPS) is 16.5. The minimum Gasteiger partial charge on any atom is -0.466 e. The summed E-state index contributed by atoms with van der Waals surface area (Å²) < 4.78 is 4.90. The van der Waals surface area contributed by atoms with Gasteiger partial charge in [0.25, 0.3) is 0 Å². The van der Waals surface area contributed by atoms with Gasteiger partial charge in [-0.1, -0.05) is 31.5 Å². The molecule has 0 heterocycles. The molecule has 2 atom stereocenters. The lowest BCUT2D eigenvalue weighted by atomic mass is 9.85. The van der Waals surface area contributed by atoms with Crippen molar-refractivity contribution in [2.75, 3.05) is 6.61 Å². The van der Waals surface area contributed by atoms with Gasteiger partial charge in [-0.2, -0.15) is 0 Å². The number of halogens is 3. The molecular weight excluding hydrogens is 282 g/mol. The van der Waals surface area contributed by atoms with E-state index in [1.807, 2.05) is 13.8 Å². The molecule has 0 amide bonds. The third-order valence-electron chi connectivity index (χ3n) is 2.34. The summed E-state index contributed by atoms with van der Waals surface area (Å²) in [5.74, 6) is -0.258. The molecule has 0 aromatic rings. The van der Waals surface area contributed by atoms with Crippen LogP contribution in [0.1, 0.15) is 34.1 Å². The van der Waals surface area contributed by atoms with Crippen LogP contribution in [0.5, 0.6) is 0 Å². The third kappa shape index (κ3) is 6.54. The summed E-state index contributed by atoms with van der Waals surface area (Å²) in [7, 11) is 0. The Hall–Kier alpha value is 0.0800. The van der Waals surface area contributed by atoms with Gasteiger partial charge >= 0.3 is 5.97 Å². The molecule has 0 rings (SSSR count). The van der Waals surface area contributed by atoms with Crippen molar-refractivity contribution < 1.29 is 9.53 Å². The van der Waals surface area contributed by atoms with Crippen LogP contribution in [0.2, 0.25) is 0 Å². The number of carbonyl (C=O) groups excluding carboxylic acids is 1. The zero-order chi connectivity index (χ0) is 13.6. The Morgan fingerprint density at radius 1 is 1.41 bits per heavy atom. The summed E-state index contributed by atoms with van der Waals surface area (Å²) in [6, 6.07) is 0. The summed E-state index contributed by atoms with van der Waals surface area (Å²) >= 11 is 18.0. The molecule has 100 valence electrons. The number of carbonyl (C=O) groups is 1. The highest BCUT2D eigenvalue weighted by Crippen LogP contribution is 2.33. The third-order valence-corrected chi connectivity index (χ3v) is 3.85. The number of hydrogen-bond acceptors (Lipinski definition) is 2. The Balaban J connectivity index is 4.59. The van der Waals surface area contributed by atoms with Gasteiger partial charge in [-0.25, -0.2) is 0 Å². The van der Waals surface area contributed by atoms with Gasteiger partial charge in [-0.05, 0) is 19.3 Å². The minimum atomic E-state index is -0.431. The molecule has 5 heteroatoms. The molecule has 0 saturated heterocycles. The van der Waals surface area contributed by atoms with E-state index in [1.165, 1.54) is 0 Å². The van der Waals surface area contributed by atoms with Crippen molar-refractivity contribution in [3.05, 3.63) is 11.1 Å². The maximum Gasteiger partial charge on any atom is 0.306 e. The highest BCUT2D eigenvalue weighted by Gasteiger charge is 2.30. The van der Waals surface area contributed by atoms with Crippen LogP contribution >= 0.6 is 34.8 Å². The largest absolute Gasteiger partial charge is 0.466 e. The van der Waals surface area contributed by atoms with Crippen LogP contribution in [-0.2, 0) is 9.53 Å². The number of allylic oxidation sites excluding steroid dienone is 2. The minimum absolute atomic E-state index is 0.242. The number of ether oxygens (including phenoxy) is 1. The highest BCUT2D eigenvalue weighted by molar-refractivity contribution is 6.37. The van der Waals surface area contributed by atoms with Gasteiger partial charge in [-0.15, -0.1) is 23.2 Å². The van der Waals surface area contributed by atoms with Gasteiger partial charge in [0.05, 0.1) is 23.8 Å². The topological polar surface area (TPSA) is 26.3 Å². The van der Waals surface area contributed by atoms with E-state index in [9.17, 15) is 4.79 Å². The first-order chi connectivity index (χ1) is 7.70. The van der Waals surface area contributed by atoms with E-state index in [2.05, 4.69) is 0 Å². The van der Waals surface area contributed by atoms with Crippen molar-refractivity contribution in [3.8, 4) is 0 Å². The SMILES string of the molecule is CCOC(=O)CC(C)(C)C(Cl)C=C(Cl)C(C)Cl. The monoisotopic (exact) mass is 300 g/mol. The summed E-state index contributed by atoms with van der Waals surface area (Å²) in [4.78, 5) is 11.4. The molecule has 0 saturated carbocycles. The van der Waals surface area contributed by atoms with E-state index < -0.39 is 5.41 Å². The predicted octanol–water partition coefficient (Wildman–Crippen LogP) is 4.32. The quantitative estimate of drug-likeness (QED) is 0.539. The van der Waals surface area contributed by atoms with E-state index >= 15 is 0 Å². The molecule has 0 fully saturated rings. The zero-order valence-corrected chi connectivity index (χ0v) is 12.9. The first-order valence-electron chi connectivity index (χ1n) is 5.51. The van der Waals surface area contributed by atoms with Gasteiger partial charge in [-0.3, -0.25) is 4.79 Å². The fourth-order valence-corrected chi connectivity index (χ4v) is 1.66. The maximum absolute atomic E-state index is 11.4. The van der Waals surface area contributed by atoms with Crippen LogP contribution in [-0.4, -0.2) is 23.3 Å². The Bertz CT molecular complexity index is 285. The lowest BCUT2D eigenvalue weighted by molar-refractivity contribution is -0.145. The van der Waals surface area contributed by atoms with Gasteiger partial charge < -0.3 is 4.74 Å². The molecule has 0 N–H and O–H groups in total. The van der Waals surface area contributed by atoms with Crippen molar-refractivity contribution >= 4 is 40.8 Å². The van der Waals surface area contributed by atoms with Crippen molar-refractivity contribution in [2.45, 2.75) is 44.9 Å². The summed E-state index contributed by atoms with van der Waals surface area (Å²) in [6.07, 6.45) is 1.92. The van der Waals surface area contributed by atoms with Gasteiger partial charge in [0.2, 0.25) is 0 Å². The first kappa shape index (κ1) is 17.1. The van der Waals surface area contributed by atoms with E-state index in [0.717, 1.165) is 0 Å². The summed E-state index contributed by atoms with van der Waals surface area (Å²) in [5.41, 5.74) is -0.431. The molecule has 2 unspecified atom stereocenters. The van der Waals surface area contributed by atoms with Crippen LogP contribution in [0.4, 0.5) is 0 Å². The molecule has 0 aromatic carbocycles. The van der Waals surface area contributed by atoms with Crippen LogP contribution in [0.15, 0.2) is 11.1 Å². The summed E-state index contributed by atoms with van der Waals surface area (Å²) in [5, 5.41) is -0.166. The number of esters is 1. The standard InChI is InChI=1S/C12H19Cl3O2/c1-5-17-11(16)7-12(3,4)10(15)6-9(14)8(2)13/h6,8,10H,5,7H2,1-4H3. The molecule has 0 bridgehead atoms. The second-order valence-electron chi connectivity index (χ2n) is 4.54. The second kappa shape index (κ2) is 7.50. The summed E-state index contributed by atoms with van der Waals surface area (Å²) in [6.45, 7) is 7.69.